The minimum Gasteiger partial charge on any atom is -0.370 e. The second kappa shape index (κ2) is 5.94. The number of alkyl halides is 3. The largest absolute Gasteiger partial charge is 0.416 e. The van der Waals surface area contributed by atoms with Gasteiger partial charge in [-0.05, 0) is 43.9 Å². The van der Waals surface area contributed by atoms with Gasteiger partial charge in [-0.15, -0.1) is 0 Å². The van der Waals surface area contributed by atoms with Crippen LogP contribution in [0.5, 0.6) is 0 Å². The van der Waals surface area contributed by atoms with Crippen molar-refractivity contribution in [3.05, 3.63) is 29.3 Å². The first-order valence-electron chi connectivity index (χ1n) is 6.95. The molecule has 1 fully saturated rings. The van der Waals surface area contributed by atoms with Crippen molar-refractivity contribution in [2.24, 2.45) is 11.7 Å². The Kier molecular flexibility index (Phi) is 4.43. The summed E-state index contributed by atoms with van der Waals surface area (Å²) < 4.78 is 38.0. The van der Waals surface area contributed by atoms with Gasteiger partial charge in [-0.3, -0.25) is 0 Å². The molecule has 1 aliphatic heterocycles. The maximum Gasteiger partial charge on any atom is 0.416 e. The van der Waals surface area contributed by atoms with Crippen molar-refractivity contribution in [3.8, 4) is 6.07 Å². The molecule has 114 valence electrons. The van der Waals surface area contributed by atoms with Crippen LogP contribution >= 0.6 is 0 Å². The fourth-order valence-corrected chi connectivity index (χ4v) is 2.74. The lowest BCUT2D eigenvalue weighted by molar-refractivity contribution is -0.137. The second-order valence-corrected chi connectivity index (χ2v) is 5.53. The number of hydrogen-bond donors (Lipinski definition) is 1. The molecule has 0 aromatic heterocycles. The van der Waals surface area contributed by atoms with Crippen molar-refractivity contribution >= 4 is 5.69 Å². The van der Waals surface area contributed by atoms with Crippen LogP contribution in [0.2, 0.25) is 0 Å². The topological polar surface area (TPSA) is 53.0 Å². The highest BCUT2D eigenvalue weighted by Gasteiger charge is 2.32. The summed E-state index contributed by atoms with van der Waals surface area (Å²) in [6.07, 6.45) is -2.64. The fourth-order valence-electron chi connectivity index (χ4n) is 2.74. The minimum absolute atomic E-state index is 0.0732. The van der Waals surface area contributed by atoms with E-state index in [0.717, 1.165) is 25.0 Å². The van der Waals surface area contributed by atoms with Crippen molar-refractivity contribution in [1.82, 2.24) is 0 Å². The van der Waals surface area contributed by atoms with E-state index in [1.807, 2.05) is 17.9 Å². The third-order valence-corrected chi connectivity index (χ3v) is 4.07. The molecular formula is C15H18F3N3. The van der Waals surface area contributed by atoms with Crippen LogP contribution in [0.25, 0.3) is 0 Å². The van der Waals surface area contributed by atoms with Crippen molar-refractivity contribution in [2.45, 2.75) is 32.0 Å². The molecule has 2 N–H and O–H groups in total. The Morgan fingerprint density at radius 3 is 2.43 bits per heavy atom. The summed E-state index contributed by atoms with van der Waals surface area (Å²) in [6, 6.07) is 5.35. The molecule has 0 saturated carbocycles. The number of piperidine rings is 1. The van der Waals surface area contributed by atoms with E-state index >= 15 is 0 Å². The van der Waals surface area contributed by atoms with E-state index in [0.29, 0.717) is 24.7 Å². The molecule has 0 amide bonds. The van der Waals surface area contributed by atoms with Gasteiger partial charge in [0.05, 0.1) is 16.8 Å². The van der Waals surface area contributed by atoms with Crippen LogP contribution in [0.3, 0.4) is 0 Å². The molecular weight excluding hydrogens is 279 g/mol. The molecule has 1 aliphatic rings. The van der Waals surface area contributed by atoms with Crippen LogP contribution in [-0.2, 0) is 6.18 Å². The van der Waals surface area contributed by atoms with Crippen molar-refractivity contribution in [3.63, 3.8) is 0 Å². The molecule has 1 aromatic carbocycles. The Hall–Kier alpha value is -1.74. The highest BCUT2D eigenvalue weighted by molar-refractivity contribution is 5.61. The molecule has 0 radical (unpaired) electrons. The van der Waals surface area contributed by atoms with E-state index in [-0.39, 0.29) is 11.6 Å². The summed E-state index contributed by atoms with van der Waals surface area (Å²) in [4.78, 5) is 1.97. The lowest BCUT2D eigenvalue weighted by Gasteiger charge is -2.35. The number of hydrogen-bond acceptors (Lipinski definition) is 3. The van der Waals surface area contributed by atoms with Gasteiger partial charge in [0.1, 0.15) is 6.07 Å². The lowest BCUT2D eigenvalue weighted by Crippen LogP contribution is -2.40. The number of nitrogens with zero attached hydrogens (tertiary/aromatic N) is 2. The van der Waals surface area contributed by atoms with Crippen molar-refractivity contribution < 1.29 is 13.2 Å². The Morgan fingerprint density at radius 1 is 1.33 bits per heavy atom. The molecule has 1 heterocycles. The van der Waals surface area contributed by atoms with Crippen LogP contribution < -0.4 is 10.6 Å². The molecule has 0 spiro atoms. The first-order valence-corrected chi connectivity index (χ1v) is 6.95. The first-order chi connectivity index (χ1) is 9.82. The van der Waals surface area contributed by atoms with Gasteiger partial charge in [0.25, 0.3) is 0 Å². The number of nitriles is 1. The summed E-state index contributed by atoms with van der Waals surface area (Å²) in [7, 11) is 0. The lowest BCUT2D eigenvalue weighted by atomic mass is 9.90. The standard InChI is InChI=1S/C15H18F3N3/c1-10(20)11-4-6-21(7-5-11)14-3-2-13(15(16,17)18)8-12(14)9-19/h2-3,8,10-11H,4-7,20H2,1H3. The van der Waals surface area contributed by atoms with Gasteiger partial charge < -0.3 is 10.6 Å². The molecule has 0 bridgehead atoms. The average Bonchev–Trinajstić information content (AvgIpc) is 2.45. The number of rotatable bonds is 2. The number of halogens is 3. The second-order valence-electron chi connectivity index (χ2n) is 5.53. The molecule has 21 heavy (non-hydrogen) atoms. The van der Waals surface area contributed by atoms with E-state index in [4.69, 9.17) is 11.0 Å². The first kappa shape index (κ1) is 15.6. The van der Waals surface area contributed by atoms with Crippen LogP contribution in [0.15, 0.2) is 18.2 Å². The molecule has 2 rings (SSSR count). The number of anilines is 1. The van der Waals surface area contributed by atoms with Gasteiger partial charge in [-0.2, -0.15) is 18.4 Å². The minimum atomic E-state index is -4.42. The van der Waals surface area contributed by atoms with Crippen LogP contribution in [-0.4, -0.2) is 19.1 Å². The maximum absolute atomic E-state index is 12.7. The summed E-state index contributed by atoms with van der Waals surface area (Å²) >= 11 is 0. The average molecular weight is 297 g/mol. The fraction of sp³-hybridized carbons (Fsp3) is 0.533. The molecule has 6 heteroatoms. The predicted octanol–water partition coefficient (Wildman–Crippen LogP) is 3.14. The Labute approximate surface area is 122 Å². The Balaban J connectivity index is 2.20. The Bertz CT molecular complexity index is 538. The molecule has 1 aromatic rings. The van der Waals surface area contributed by atoms with Gasteiger partial charge in [0.15, 0.2) is 0 Å². The van der Waals surface area contributed by atoms with Crippen molar-refractivity contribution in [2.75, 3.05) is 18.0 Å². The van der Waals surface area contributed by atoms with Crippen LogP contribution in [0.4, 0.5) is 18.9 Å². The molecule has 0 aliphatic carbocycles. The highest BCUT2D eigenvalue weighted by atomic mass is 19.4. The third kappa shape index (κ3) is 3.48. The Morgan fingerprint density at radius 2 is 1.95 bits per heavy atom. The van der Waals surface area contributed by atoms with E-state index in [2.05, 4.69) is 0 Å². The summed E-state index contributed by atoms with van der Waals surface area (Å²) in [6.45, 7) is 3.40. The van der Waals surface area contributed by atoms with Gasteiger partial charge in [-0.25, -0.2) is 0 Å². The van der Waals surface area contributed by atoms with E-state index in [1.165, 1.54) is 6.07 Å². The van der Waals surface area contributed by atoms with E-state index < -0.39 is 11.7 Å². The number of benzene rings is 1. The van der Waals surface area contributed by atoms with Gasteiger partial charge in [0.2, 0.25) is 0 Å². The zero-order valence-corrected chi connectivity index (χ0v) is 11.8. The zero-order chi connectivity index (χ0) is 15.6. The molecule has 1 unspecified atom stereocenters. The zero-order valence-electron chi connectivity index (χ0n) is 11.8. The molecule has 3 nitrogen and oxygen atoms in total. The quantitative estimate of drug-likeness (QED) is 0.912. The summed E-state index contributed by atoms with van der Waals surface area (Å²) in [5, 5.41) is 9.12. The van der Waals surface area contributed by atoms with Crippen LogP contribution in [0.1, 0.15) is 30.9 Å². The predicted molar refractivity (Wildman–Crippen MR) is 74.7 cm³/mol. The van der Waals surface area contributed by atoms with Crippen LogP contribution in [0, 0.1) is 17.2 Å². The normalized spacial score (nSPS) is 18.4. The SMILES string of the molecule is CC(N)C1CCN(c2ccc(C(F)(F)F)cc2C#N)CC1. The van der Waals surface area contributed by atoms with Crippen molar-refractivity contribution in [1.29, 1.82) is 5.26 Å². The van der Waals surface area contributed by atoms with Gasteiger partial charge in [0, 0.05) is 19.1 Å². The van der Waals surface area contributed by atoms with Gasteiger partial charge >= 0.3 is 6.18 Å². The summed E-state index contributed by atoms with van der Waals surface area (Å²) in [5.74, 6) is 0.432. The smallest absolute Gasteiger partial charge is 0.370 e. The third-order valence-electron chi connectivity index (χ3n) is 4.07. The summed E-state index contributed by atoms with van der Waals surface area (Å²) in [5.41, 5.74) is 5.75. The number of nitrogens with two attached hydrogens (primary N) is 1. The maximum atomic E-state index is 12.7. The monoisotopic (exact) mass is 297 g/mol. The molecule has 1 saturated heterocycles. The van der Waals surface area contributed by atoms with E-state index in [9.17, 15) is 13.2 Å². The van der Waals surface area contributed by atoms with Gasteiger partial charge in [-0.1, -0.05) is 0 Å². The molecule has 1 atom stereocenters. The highest BCUT2D eigenvalue weighted by Crippen LogP contribution is 2.34. The van der Waals surface area contributed by atoms with E-state index in [1.54, 1.807) is 0 Å².